The zero-order chi connectivity index (χ0) is 26.1. The fraction of sp³-hybridized carbons (Fsp3) is 0.600. The van der Waals surface area contributed by atoms with E-state index in [-0.39, 0.29) is 59.5 Å². The van der Waals surface area contributed by atoms with Gasteiger partial charge in [-0.05, 0) is 49.7 Å². The van der Waals surface area contributed by atoms with Gasteiger partial charge in [0.1, 0.15) is 5.41 Å². The van der Waals surface area contributed by atoms with Crippen molar-refractivity contribution in [1.82, 2.24) is 10.3 Å². The van der Waals surface area contributed by atoms with E-state index in [0.29, 0.717) is 12.8 Å². The molecule has 1 spiro atoms. The summed E-state index contributed by atoms with van der Waals surface area (Å²) in [6.07, 6.45) is 6.54. The van der Waals surface area contributed by atoms with Gasteiger partial charge in [-0.1, -0.05) is 44.2 Å². The van der Waals surface area contributed by atoms with E-state index in [1.807, 2.05) is 24.4 Å². The third kappa shape index (κ3) is 3.57. The highest BCUT2D eigenvalue weighted by atomic mass is 16.6. The first-order valence-corrected chi connectivity index (χ1v) is 13.7. The lowest BCUT2D eigenvalue weighted by molar-refractivity contribution is -0.151. The molecule has 7 heteroatoms. The maximum absolute atomic E-state index is 14.4. The van der Waals surface area contributed by atoms with Crippen molar-refractivity contribution in [3.05, 3.63) is 48.2 Å². The third-order valence-corrected chi connectivity index (χ3v) is 10.1. The van der Waals surface area contributed by atoms with Crippen LogP contribution in [0.25, 0.3) is 10.9 Å². The highest BCUT2D eigenvalue weighted by Crippen LogP contribution is 2.66. The number of aliphatic hydroxyl groups excluding tert-OH is 1. The number of methoxy groups -OCH3 is 1. The van der Waals surface area contributed by atoms with Gasteiger partial charge >= 0.3 is 0 Å². The number of aromatic nitrogens is 1. The van der Waals surface area contributed by atoms with Gasteiger partial charge in [0.15, 0.2) is 5.78 Å². The molecule has 2 aliphatic heterocycles. The fourth-order valence-electron chi connectivity index (χ4n) is 7.91. The Hall–Kier alpha value is -2.48. The second-order valence-electron chi connectivity index (χ2n) is 12.0. The van der Waals surface area contributed by atoms with Crippen molar-refractivity contribution in [3.63, 3.8) is 0 Å². The molecule has 1 amide bonds. The Labute approximate surface area is 218 Å². The monoisotopic (exact) mass is 506 g/mol. The summed E-state index contributed by atoms with van der Waals surface area (Å²) in [5, 5.41) is 15.3. The van der Waals surface area contributed by atoms with Crippen LogP contribution in [0.1, 0.15) is 45.6 Å². The minimum Gasteiger partial charge on any atom is -0.390 e. The largest absolute Gasteiger partial charge is 0.390 e. The molecule has 0 bridgehead atoms. The molecule has 6 rings (SSSR count). The molecular formula is C30H38N2O5. The third-order valence-electron chi connectivity index (χ3n) is 10.1. The van der Waals surface area contributed by atoms with Crippen LogP contribution in [0.15, 0.2) is 42.6 Å². The predicted octanol–water partition coefficient (Wildman–Crippen LogP) is 3.56. The van der Waals surface area contributed by atoms with Crippen molar-refractivity contribution >= 4 is 22.6 Å². The normalized spacial score (nSPS) is 44.4. The van der Waals surface area contributed by atoms with Gasteiger partial charge in [-0.25, -0.2) is 0 Å². The number of amides is 1. The summed E-state index contributed by atoms with van der Waals surface area (Å²) in [5.41, 5.74) is 0.561. The van der Waals surface area contributed by atoms with E-state index in [1.165, 1.54) is 7.11 Å². The lowest BCUT2D eigenvalue weighted by atomic mass is 9.51. The molecule has 3 fully saturated rings. The van der Waals surface area contributed by atoms with E-state index >= 15 is 0 Å². The number of nitrogens with one attached hydrogen (secondary N) is 2. The van der Waals surface area contributed by atoms with Gasteiger partial charge in [0, 0.05) is 48.5 Å². The number of allylic oxidation sites excluding steroid dienone is 1. The number of Topliss-reactive ketones (excluding diaryl/α,β-unsaturated/α-hetero) is 1. The quantitative estimate of drug-likeness (QED) is 0.336. The van der Waals surface area contributed by atoms with E-state index < -0.39 is 17.6 Å². The Morgan fingerprint density at radius 1 is 1.22 bits per heavy atom. The van der Waals surface area contributed by atoms with E-state index in [1.54, 1.807) is 0 Å². The number of ketones is 1. The minimum absolute atomic E-state index is 0.00442. The first-order valence-electron chi connectivity index (χ1n) is 13.7. The summed E-state index contributed by atoms with van der Waals surface area (Å²) in [6.45, 7) is 6.36. The number of benzene rings is 1. The Balaban J connectivity index is 1.46. The van der Waals surface area contributed by atoms with Crippen LogP contribution in [0.3, 0.4) is 0 Å². The first-order chi connectivity index (χ1) is 17.7. The number of hydrogen-bond donors (Lipinski definition) is 3. The molecule has 198 valence electrons. The van der Waals surface area contributed by atoms with Gasteiger partial charge in [0.05, 0.1) is 23.9 Å². The van der Waals surface area contributed by atoms with E-state index in [9.17, 15) is 14.7 Å². The predicted molar refractivity (Wildman–Crippen MR) is 140 cm³/mol. The van der Waals surface area contributed by atoms with Gasteiger partial charge in [-0.15, -0.1) is 0 Å². The Morgan fingerprint density at radius 3 is 2.78 bits per heavy atom. The summed E-state index contributed by atoms with van der Waals surface area (Å²) in [4.78, 5) is 31.9. The number of carbonyl (C=O) groups is 2. The molecule has 2 saturated heterocycles. The number of epoxide rings is 1. The molecule has 3 N–H and O–H groups in total. The highest BCUT2D eigenvalue weighted by Gasteiger charge is 2.78. The summed E-state index contributed by atoms with van der Waals surface area (Å²) < 4.78 is 12.0. The summed E-state index contributed by atoms with van der Waals surface area (Å²) >= 11 is 0. The Kier molecular flexibility index (Phi) is 5.90. The molecule has 0 radical (unpaired) electrons. The second kappa shape index (κ2) is 8.79. The van der Waals surface area contributed by atoms with Crippen LogP contribution in [-0.2, 0) is 25.5 Å². The van der Waals surface area contributed by atoms with Crippen LogP contribution >= 0.6 is 0 Å². The molecule has 4 aliphatic rings. The summed E-state index contributed by atoms with van der Waals surface area (Å²) in [5.74, 6) is -0.717. The van der Waals surface area contributed by atoms with Gasteiger partial charge in [0.2, 0.25) is 5.91 Å². The molecule has 1 saturated carbocycles. The average Bonchev–Trinajstić information content (AvgIpc) is 3.28. The van der Waals surface area contributed by atoms with Gasteiger partial charge in [-0.2, -0.15) is 0 Å². The van der Waals surface area contributed by atoms with Crippen molar-refractivity contribution in [3.8, 4) is 0 Å². The van der Waals surface area contributed by atoms with E-state index in [4.69, 9.17) is 9.47 Å². The molecule has 37 heavy (non-hydrogen) atoms. The SMILES string of the molecule is CO[C@@H]1CC(=O)[C@]23C(=O)N[C@H](Cc4c[nH]c5ccccc45)[C@@H]2[C@H](C)[C@]2(C)O[C@@H]2[C@@H]3/C=C/C[C@H](C)C[C@H]1O. The maximum atomic E-state index is 14.4. The summed E-state index contributed by atoms with van der Waals surface area (Å²) in [7, 11) is 1.54. The van der Waals surface area contributed by atoms with Crippen molar-refractivity contribution in [2.24, 2.45) is 29.1 Å². The standard InChI is InChI=1S/C30H38N2O5/c1-16-8-7-10-20-27-29(3,37-27)17(2)26-22(13-18-15-31-21-11-6-5-9-19(18)21)32-28(35)30(20,26)25(34)14-24(36-4)23(33)12-16/h5-7,9-11,15-17,20,22-24,26-27,31,33H,8,12-14H2,1-4H3,(H,32,35)/b10-7+/t16-,17-,20-,22+,23+,24+,26-,27+,29-,30-/m0/s1. The van der Waals surface area contributed by atoms with Crippen LogP contribution in [0.2, 0.25) is 0 Å². The van der Waals surface area contributed by atoms with Crippen LogP contribution < -0.4 is 5.32 Å². The lowest BCUT2D eigenvalue weighted by Crippen LogP contribution is -2.59. The number of para-hydroxylation sites is 1. The number of hydrogen-bond acceptors (Lipinski definition) is 5. The zero-order valence-corrected chi connectivity index (χ0v) is 22.1. The van der Waals surface area contributed by atoms with Gasteiger partial charge in [0.25, 0.3) is 0 Å². The first kappa shape index (κ1) is 24.8. The number of aromatic amines is 1. The molecule has 0 unspecified atom stereocenters. The number of rotatable bonds is 3. The molecule has 10 atom stereocenters. The van der Waals surface area contributed by atoms with E-state index in [2.05, 4.69) is 49.3 Å². The topological polar surface area (TPSA) is 104 Å². The molecule has 1 aromatic heterocycles. The highest BCUT2D eigenvalue weighted by molar-refractivity contribution is 6.09. The molecule has 2 aliphatic carbocycles. The molecule has 2 aromatic rings. The number of H-pyrrole nitrogens is 1. The Bertz CT molecular complexity index is 1250. The molecular weight excluding hydrogens is 468 g/mol. The number of ether oxygens (including phenoxy) is 2. The van der Waals surface area contributed by atoms with Crippen LogP contribution in [0.4, 0.5) is 0 Å². The van der Waals surface area contributed by atoms with Crippen molar-refractivity contribution in [2.45, 2.75) is 76.4 Å². The molecule has 7 nitrogen and oxygen atoms in total. The minimum atomic E-state index is -1.25. The van der Waals surface area contributed by atoms with Crippen LogP contribution in [0.5, 0.6) is 0 Å². The number of carbonyl (C=O) groups excluding carboxylic acids is 2. The number of aliphatic hydroxyl groups is 1. The van der Waals surface area contributed by atoms with Crippen molar-refractivity contribution < 1.29 is 24.2 Å². The summed E-state index contributed by atoms with van der Waals surface area (Å²) in [6, 6.07) is 7.95. The maximum Gasteiger partial charge on any atom is 0.235 e. The van der Waals surface area contributed by atoms with Crippen molar-refractivity contribution in [1.29, 1.82) is 0 Å². The fourth-order valence-corrected chi connectivity index (χ4v) is 7.91. The van der Waals surface area contributed by atoms with Gasteiger partial charge in [-0.3, -0.25) is 9.59 Å². The van der Waals surface area contributed by atoms with Crippen molar-refractivity contribution in [2.75, 3.05) is 7.11 Å². The zero-order valence-electron chi connectivity index (χ0n) is 22.1. The van der Waals surface area contributed by atoms with E-state index in [0.717, 1.165) is 22.9 Å². The average molecular weight is 507 g/mol. The molecule has 1 aromatic carbocycles. The number of fused-ring (bicyclic) bond motifs is 3. The van der Waals surface area contributed by atoms with Crippen LogP contribution in [0, 0.1) is 29.1 Å². The molecule has 3 heterocycles. The van der Waals surface area contributed by atoms with Crippen LogP contribution in [-0.4, -0.2) is 58.8 Å². The smallest absolute Gasteiger partial charge is 0.235 e. The Morgan fingerprint density at radius 2 is 2.00 bits per heavy atom. The lowest BCUT2D eigenvalue weighted by Gasteiger charge is -2.46. The second-order valence-corrected chi connectivity index (χ2v) is 12.0. The van der Waals surface area contributed by atoms with Gasteiger partial charge < -0.3 is 24.9 Å².